The van der Waals surface area contributed by atoms with Crippen LogP contribution < -0.4 is 10.6 Å². The Bertz CT molecular complexity index is 499. The van der Waals surface area contributed by atoms with Gasteiger partial charge in [-0.3, -0.25) is 0 Å². The van der Waals surface area contributed by atoms with E-state index in [9.17, 15) is 5.11 Å². The van der Waals surface area contributed by atoms with Crippen molar-refractivity contribution in [1.29, 1.82) is 0 Å². The average Bonchev–Trinajstić information content (AvgIpc) is 2.60. The van der Waals surface area contributed by atoms with E-state index in [0.29, 0.717) is 18.3 Å². The number of rotatable bonds is 7. The molecule has 0 unspecified atom stereocenters. The lowest BCUT2D eigenvalue weighted by Gasteiger charge is -2.33. The summed E-state index contributed by atoms with van der Waals surface area (Å²) in [4.78, 5) is 7.25. The van der Waals surface area contributed by atoms with Gasteiger partial charge in [0.2, 0.25) is 0 Å². The summed E-state index contributed by atoms with van der Waals surface area (Å²) < 4.78 is 0. The van der Waals surface area contributed by atoms with Crippen LogP contribution in [0.2, 0.25) is 0 Å². The molecule has 1 aromatic carbocycles. The molecule has 1 saturated heterocycles. The maximum absolute atomic E-state index is 9.35. The highest BCUT2D eigenvalue weighted by atomic mass is 127. The number of halogens is 1. The van der Waals surface area contributed by atoms with Crippen molar-refractivity contribution < 1.29 is 5.11 Å². The molecule has 1 aromatic rings. The third-order valence-electron chi connectivity index (χ3n) is 4.46. The Kier molecular flexibility index (Phi) is 10.9. The number of phenolic OH excluding ortho intramolecular Hbond substituents is 1. The van der Waals surface area contributed by atoms with Gasteiger partial charge in [0, 0.05) is 25.7 Å². The minimum atomic E-state index is 0. The Morgan fingerprint density at radius 2 is 1.88 bits per heavy atom. The van der Waals surface area contributed by atoms with Gasteiger partial charge in [-0.15, -0.1) is 24.0 Å². The van der Waals surface area contributed by atoms with Gasteiger partial charge >= 0.3 is 0 Å². The number of nitrogens with zero attached hydrogens (tertiary/aromatic N) is 2. The molecule has 5 nitrogen and oxygen atoms in total. The summed E-state index contributed by atoms with van der Waals surface area (Å²) in [5.74, 6) is 1.18. The highest BCUT2D eigenvalue weighted by Crippen LogP contribution is 2.12. The first-order valence-electron chi connectivity index (χ1n) is 9.26. The Morgan fingerprint density at radius 3 is 2.48 bits per heavy atom. The first-order chi connectivity index (χ1) is 11.7. The number of hydrogen-bond acceptors (Lipinski definition) is 3. The summed E-state index contributed by atoms with van der Waals surface area (Å²) in [6.45, 7) is 9.40. The molecule has 25 heavy (non-hydrogen) atoms. The number of nitrogens with one attached hydrogen (secondary N) is 2. The largest absolute Gasteiger partial charge is 0.508 e. The van der Waals surface area contributed by atoms with Crippen molar-refractivity contribution in [1.82, 2.24) is 15.5 Å². The number of aliphatic imine (C=N–C) groups is 1. The van der Waals surface area contributed by atoms with E-state index in [4.69, 9.17) is 0 Å². The number of likely N-dealkylation sites (tertiary alicyclic amines) is 1. The van der Waals surface area contributed by atoms with Gasteiger partial charge in [-0.2, -0.15) is 0 Å². The normalized spacial score (nSPS) is 16.3. The van der Waals surface area contributed by atoms with E-state index in [0.717, 1.165) is 18.1 Å². The minimum Gasteiger partial charge on any atom is -0.508 e. The van der Waals surface area contributed by atoms with Crippen molar-refractivity contribution in [3.8, 4) is 5.75 Å². The van der Waals surface area contributed by atoms with Crippen LogP contribution >= 0.6 is 24.0 Å². The molecule has 1 heterocycles. The zero-order chi connectivity index (χ0) is 17.2. The third-order valence-corrected chi connectivity index (χ3v) is 4.46. The van der Waals surface area contributed by atoms with Crippen molar-refractivity contribution in [2.45, 2.75) is 52.1 Å². The lowest BCUT2D eigenvalue weighted by atomic mass is 10.0. The Labute approximate surface area is 169 Å². The molecule has 1 aliphatic heterocycles. The molecule has 2 rings (SSSR count). The van der Waals surface area contributed by atoms with Gasteiger partial charge in [0.15, 0.2) is 5.96 Å². The predicted molar refractivity (Wildman–Crippen MR) is 116 cm³/mol. The van der Waals surface area contributed by atoms with Crippen LogP contribution in [0.25, 0.3) is 0 Å². The van der Waals surface area contributed by atoms with Crippen molar-refractivity contribution >= 4 is 29.9 Å². The summed E-state index contributed by atoms with van der Waals surface area (Å²) in [6, 6.07) is 7.73. The van der Waals surface area contributed by atoms with Crippen LogP contribution in [0.1, 0.15) is 45.1 Å². The van der Waals surface area contributed by atoms with Crippen LogP contribution in [0.4, 0.5) is 0 Å². The maximum atomic E-state index is 9.35. The predicted octanol–water partition coefficient (Wildman–Crippen LogP) is 3.33. The van der Waals surface area contributed by atoms with Crippen molar-refractivity contribution in [2.24, 2.45) is 4.99 Å². The quantitative estimate of drug-likeness (QED) is 0.332. The van der Waals surface area contributed by atoms with Gasteiger partial charge in [0.1, 0.15) is 5.75 Å². The second-order valence-electron chi connectivity index (χ2n) is 6.48. The number of aromatic hydroxyl groups is 1. The number of piperidine rings is 1. The first-order valence-corrected chi connectivity index (χ1v) is 9.26. The van der Waals surface area contributed by atoms with Crippen LogP contribution in [-0.2, 0) is 6.54 Å². The standard InChI is InChI=1S/C19H32N4O.HI/c1-3-5-12-23-13-10-17(11-14-23)22-19(20-4-2)21-15-16-6-8-18(24)9-7-16;/h6-9,17,24H,3-5,10-15H2,1-2H3,(H2,20,21,22);1H. The van der Waals surface area contributed by atoms with Crippen LogP contribution in [0.15, 0.2) is 29.3 Å². The van der Waals surface area contributed by atoms with Crippen LogP contribution in [-0.4, -0.2) is 48.2 Å². The highest BCUT2D eigenvalue weighted by molar-refractivity contribution is 14.0. The molecule has 3 N–H and O–H groups in total. The van der Waals surface area contributed by atoms with Crippen LogP contribution in [0, 0.1) is 0 Å². The van der Waals surface area contributed by atoms with Crippen molar-refractivity contribution in [2.75, 3.05) is 26.2 Å². The summed E-state index contributed by atoms with van der Waals surface area (Å²) in [5.41, 5.74) is 1.10. The maximum Gasteiger partial charge on any atom is 0.191 e. The van der Waals surface area contributed by atoms with Crippen LogP contribution in [0.3, 0.4) is 0 Å². The summed E-state index contributed by atoms with van der Waals surface area (Å²) >= 11 is 0. The van der Waals surface area contributed by atoms with E-state index in [2.05, 4.69) is 34.4 Å². The molecule has 1 aliphatic rings. The molecule has 0 saturated carbocycles. The van der Waals surface area contributed by atoms with Crippen LogP contribution in [0.5, 0.6) is 5.75 Å². The van der Waals surface area contributed by atoms with Gasteiger partial charge in [0.05, 0.1) is 6.54 Å². The molecule has 0 amide bonds. The molecule has 0 aromatic heterocycles. The van der Waals surface area contributed by atoms with Gasteiger partial charge < -0.3 is 20.6 Å². The zero-order valence-corrected chi connectivity index (χ0v) is 17.8. The van der Waals surface area contributed by atoms with E-state index < -0.39 is 0 Å². The van der Waals surface area contributed by atoms with E-state index in [-0.39, 0.29) is 24.0 Å². The SMILES string of the molecule is CCCCN1CCC(NC(=NCc2ccc(O)cc2)NCC)CC1.I. The average molecular weight is 460 g/mol. The van der Waals surface area contributed by atoms with Gasteiger partial charge in [-0.05, 0) is 50.4 Å². The fraction of sp³-hybridized carbons (Fsp3) is 0.632. The second kappa shape index (κ2) is 12.4. The third kappa shape index (κ3) is 8.27. The second-order valence-corrected chi connectivity index (χ2v) is 6.48. The van der Waals surface area contributed by atoms with Crippen molar-refractivity contribution in [3.63, 3.8) is 0 Å². The van der Waals surface area contributed by atoms with Gasteiger partial charge in [-0.1, -0.05) is 25.5 Å². The summed E-state index contributed by atoms with van der Waals surface area (Å²) in [6.07, 6.45) is 4.92. The number of hydrogen-bond donors (Lipinski definition) is 3. The lowest BCUT2D eigenvalue weighted by Crippen LogP contribution is -2.48. The Balaban J connectivity index is 0.00000312. The van der Waals surface area contributed by atoms with Gasteiger partial charge in [0.25, 0.3) is 0 Å². The Hall–Kier alpha value is -1.02. The molecule has 0 atom stereocenters. The zero-order valence-electron chi connectivity index (χ0n) is 15.5. The molecule has 142 valence electrons. The lowest BCUT2D eigenvalue weighted by molar-refractivity contribution is 0.203. The molecule has 0 radical (unpaired) electrons. The van der Waals surface area contributed by atoms with E-state index >= 15 is 0 Å². The van der Waals surface area contributed by atoms with E-state index in [1.807, 2.05) is 12.1 Å². The Morgan fingerprint density at radius 1 is 1.20 bits per heavy atom. The molecular weight excluding hydrogens is 427 g/mol. The monoisotopic (exact) mass is 460 g/mol. The molecule has 1 fully saturated rings. The smallest absolute Gasteiger partial charge is 0.191 e. The molecule has 0 bridgehead atoms. The molecule has 0 aliphatic carbocycles. The molecule has 0 spiro atoms. The number of guanidine groups is 1. The number of unbranched alkanes of at least 4 members (excludes halogenated alkanes) is 1. The molecule has 6 heteroatoms. The van der Waals surface area contributed by atoms with E-state index in [1.54, 1.807) is 12.1 Å². The van der Waals surface area contributed by atoms with Crippen molar-refractivity contribution in [3.05, 3.63) is 29.8 Å². The minimum absolute atomic E-state index is 0. The summed E-state index contributed by atoms with van der Waals surface area (Å²) in [5, 5.41) is 16.3. The topological polar surface area (TPSA) is 59.9 Å². The fourth-order valence-corrected chi connectivity index (χ4v) is 2.97. The first kappa shape index (κ1) is 22.0. The molecular formula is C19H33IN4O. The number of benzene rings is 1. The summed E-state index contributed by atoms with van der Waals surface area (Å²) in [7, 11) is 0. The fourth-order valence-electron chi connectivity index (χ4n) is 2.97. The number of phenols is 1. The highest BCUT2D eigenvalue weighted by Gasteiger charge is 2.19. The van der Waals surface area contributed by atoms with E-state index in [1.165, 1.54) is 45.3 Å². The van der Waals surface area contributed by atoms with Gasteiger partial charge in [-0.25, -0.2) is 4.99 Å².